The highest BCUT2D eigenvalue weighted by Crippen LogP contribution is 2.34. The van der Waals surface area contributed by atoms with Gasteiger partial charge in [0.1, 0.15) is 13.2 Å². The van der Waals surface area contributed by atoms with E-state index in [1.54, 1.807) is 17.5 Å². The lowest BCUT2D eigenvalue weighted by Gasteiger charge is -2.19. The summed E-state index contributed by atoms with van der Waals surface area (Å²) in [6.45, 7) is 3.96. The van der Waals surface area contributed by atoms with Crippen LogP contribution in [0.15, 0.2) is 60.8 Å². The highest BCUT2D eigenvalue weighted by Gasteiger charge is 2.14. The second-order valence-electron chi connectivity index (χ2n) is 7.34. The van der Waals surface area contributed by atoms with Crippen molar-refractivity contribution in [3.63, 3.8) is 0 Å². The summed E-state index contributed by atoms with van der Waals surface area (Å²) >= 11 is 1.60. The number of rotatable bonds is 7. The summed E-state index contributed by atoms with van der Waals surface area (Å²) in [5.41, 5.74) is 3.93. The van der Waals surface area contributed by atoms with Crippen LogP contribution in [0.4, 0.5) is 16.8 Å². The molecule has 1 aliphatic heterocycles. The molecule has 0 amide bonds. The van der Waals surface area contributed by atoms with Crippen LogP contribution in [-0.4, -0.2) is 34.7 Å². The van der Waals surface area contributed by atoms with Gasteiger partial charge < -0.3 is 20.1 Å². The molecule has 2 N–H and O–H groups in total. The lowest BCUT2D eigenvalue weighted by molar-refractivity contribution is 0.171. The number of nitrogens with one attached hydrogen (secondary N) is 2. The molecule has 32 heavy (non-hydrogen) atoms. The zero-order valence-electron chi connectivity index (χ0n) is 17.7. The highest BCUT2D eigenvalue weighted by molar-refractivity contribution is 7.19. The number of anilines is 3. The molecule has 7 nitrogen and oxygen atoms in total. The van der Waals surface area contributed by atoms with Crippen LogP contribution in [0.3, 0.4) is 0 Å². The number of nitrogens with zero attached hydrogens (tertiary/aromatic N) is 3. The van der Waals surface area contributed by atoms with Gasteiger partial charge in [-0.25, -0.2) is 15.0 Å². The maximum atomic E-state index is 5.65. The van der Waals surface area contributed by atoms with Gasteiger partial charge in [0.05, 0.1) is 16.3 Å². The molecule has 162 valence electrons. The zero-order valence-corrected chi connectivity index (χ0v) is 18.5. The number of ether oxygens (including phenoxy) is 2. The summed E-state index contributed by atoms with van der Waals surface area (Å²) in [6.07, 6.45) is 2.70. The van der Waals surface area contributed by atoms with Gasteiger partial charge in [-0.1, -0.05) is 41.7 Å². The number of hydrogen-bond donors (Lipinski definition) is 2. The molecule has 0 saturated heterocycles. The van der Waals surface area contributed by atoms with Crippen LogP contribution >= 0.6 is 11.3 Å². The van der Waals surface area contributed by atoms with Gasteiger partial charge in [0.2, 0.25) is 5.95 Å². The van der Waals surface area contributed by atoms with E-state index in [-0.39, 0.29) is 0 Å². The van der Waals surface area contributed by atoms with Crippen molar-refractivity contribution in [2.75, 3.05) is 30.4 Å². The van der Waals surface area contributed by atoms with Crippen molar-refractivity contribution in [2.45, 2.75) is 13.3 Å². The molecule has 0 bridgehead atoms. The Morgan fingerprint density at radius 2 is 1.81 bits per heavy atom. The molecule has 2 aromatic carbocycles. The Labute approximate surface area is 190 Å². The SMILES string of the molecule is Cc1nc(NCCc2ccccc2)sc1-c1ccnc(Nc2ccc3c(c2)OCCO3)n1. The zero-order chi connectivity index (χ0) is 21.8. The predicted molar refractivity (Wildman–Crippen MR) is 127 cm³/mol. The van der Waals surface area contributed by atoms with Crippen LogP contribution in [-0.2, 0) is 6.42 Å². The largest absolute Gasteiger partial charge is 0.486 e. The van der Waals surface area contributed by atoms with E-state index in [2.05, 4.69) is 44.9 Å². The fraction of sp³-hybridized carbons (Fsp3) is 0.208. The molecule has 3 heterocycles. The molecule has 2 aromatic heterocycles. The summed E-state index contributed by atoms with van der Waals surface area (Å²) in [4.78, 5) is 14.8. The second-order valence-corrected chi connectivity index (χ2v) is 8.34. The van der Waals surface area contributed by atoms with Crippen LogP contribution in [0.25, 0.3) is 10.6 Å². The van der Waals surface area contributed by atoms with Crippen LogP contribution in [0, 0.1) is 6.92 Å². The lowest BCUT2D eigenvalue weighted by Crippen LogP contribution is -2.15. The minimum absolute atomic E-state index is 0.519. The van der Waals surface area contributed by atoms with Gasteiger partial charge in [-0.15, -0.1) is 0 Å². The van der Waals surface area contributed by atoms with Crippen molar-refractivity contribution < 1.29 is 9.47 Å². The van der Waals surface area contributed by atoms with Crippen molar-refractivity contribution in [3.8, 4) is 22.1 Å². The second kappa shape index (κ2) is 9.23. The molecule has 0 fully saturated rings. The highest BCUT2D eigenvalue weighted by atomic mass is 32.1. The Bertz CT molecular complexity index is 1210. The minimum Gasteiger partial charge on any atom is -0.486 e. The lowest BCUT2D eigenvalue weighted by atomic mass is 10.2. The first-order valence-corrected chi connectivity index (χ1v) is 11.3. The number of fused-ring (bicyclic) bond motifs is 1. The number of aromatic nitrogens is 3. The topological polar surface area (TPSA) is 81.2 Å². The Morgan fingerprint density at radius 1 is 0.969 bits per heavy atom. The molecule has 0 unspecified atom stereocenters. The standard InChI is InChI=1S/C24H23N5O2S/c1-16-22(32-24(27-16)26-11-9-17-5-3-2-4-6-17)19-10-12-25-23(29-19)28-18-7-8-20-21(15-18)31-14-13-30-20/h2-8,10,12,15H,9,11,13-14H2,1H3,(H,26,27)(H,25,28,29). The summed E-state index contributed by atoms with van der Waals surface area (Å²) in [5.74, 6) is 2.00. The Kier molecular flexibility index (Phi) is 5.85. The quantitative estimate of drug-likeness (QED) is 0.411. The molecule has 4 aromatic rings. The molecular weight excluding hydrogens is 422 g/mol. The first kappa shape index (κ1) is 20.3. The molecular formula is C24H23N5O2S. The van der Waals surface area contributed by atoms with Gasteiger partial charge in [0.25, 0.3) is 0 Å². The number of hydrogen-bond acceptors (Lipinski definition) is 8. The maximum Gasteiger partial charge on any atom is 0.227 e. The van der Waals surface area contributed by atoms with Crippen molar-refractivity contribution in [1.82, 2.24) is 15.0 Å². The van der Waals surface area contributed by atoms with Crippen molar-refractivity contribution in [2.24, 2.45) is 0 Å². The van der Waals surface area contributed by atoms with E-state index in [0.29, 0.717) is 19.2 Å². The fourth-order valence-electron chi connectivity index (χ4n) is 3.46. The molecule has 0 atom stereocenters. The monoisotopic (exact) mass is 445 g/mol. The normalized spacial score (nSPS) is 12.4. The van der Waals surface area contributed by atoms with E-state index in [1.807, 2.05) is 37.3 Å². The first-order valence-electron chi connectivity index (χ1n) is 10.5. The van der Waals surface area contributed by atoms with Gasteiger partial charge in [0, 0.05) is 24.5 Å². The molecule has 0 radical (unpaired) electrons. The van der Waals surface area contributed by atoms with Crippen molar-refractivity contribution >= 4 is 28.1 Å². The van der Waals surface area contributed by atoms with E-state index in [4.69, 9.17) is 14.5 Å². The molecule has 1 aliphatic rings. The van der Waals surface area contributed by atoms with E-state index < -0.39 is 0 Å². The van der Waals surface area contributed by atoms with Crippen molar-refractivity contribution in [3.05, 3.63) is 72.1 Å². The average molecular weight is 446 g/mol. The van der Waals surface area contributed by atoms with Crippen LogP contribution in [0.5, 0.6) is 11.5 Å². The van der Waals surface area contributed by atoms with Crippen LogP contribution in [0.2, 0.25) is 0 Å². The molecule has 5 rings (SSSR count). The van der Waals surface area contributed by atoms with Crippen LogP contribution in [0.1, 0.15) is 11.3 Å². The van der Waals surface area contributed by atoms with Gasteiger partial charge in [0.15, 0.2) is 16.6 Å². The van der Waals surface area contributed by atoms with E-state index >= 15 is 0 Å². The third-order valence-electron chi connectivity index (χ3n) is 5.02. The number of thiazole rings is 1. The van der Waals surface area contributed by atoms with E-state index in [0.717, 1.165) is 51.5 Å². The number of benzene rings is 2. The Hall–Kier alpha value is -3.65. The molecule has 0 aliphatic carbocycles. The van der Waals surface area contributed by atoms with Crippen molar-refractivity contribution in [1.29, 1.82) is 0 Å². The summed E-state index contributed by atoms with van der Waals surface area (Å²) in [7, 11) is 0. The summed E-state index contributed by atoms with van der Waals surface area (Å²) in [6, 6.07) is 18.1. The Morgan fingerprint density at radius 3 is 2.69 bits per heavy atom. The van der Waals surface area contributed by atoms with E-state index in [1.165, 1.54) is 5.56 Å². The Balaban J connectivity index is 1.28. The number of aryl methyl sites for hydroxylation is 1. The predicted octanol–water partition coefficient (Wildman–Crippen LogP) is 5.08. The third-order valence-corrected chi connectivity index (χ3v) is 6.15. The summed E-state index contributed by atoms with van der Waals surface area (Å²) in [5, 5.41) is 7.58. The molecule has 0 saturated carbocycles. The average Bonchev–Trinajstić information content (AvgIpc) is 3.20. The first-order chi connectivity index (χ1) is 15.7. The van der Waals surface area contributed by atoms with Gasteiger partial charge in [-0.2, -0.15) is 0 Å². The van der Waals surface area contributed by atoms with Gasteiger partial charge >= 0.3 is 0 Å². The maximum absolute atomic E-state index is 5.65. The van der Waals surface area contributed by atoms with Crippen LogP contribution < -0.4 is 20.1 Å². The molecule has 0 spiro atoms. The van der Waals surface area contributed by atoms with E-state index in [9.17, 15) is 0 Å². The van der Waals surface area contributed by atoms with Gasteiger partial charge in [-0.05, 0) is 37.1 Å². The summed E-state index contributed by atoms with van der Waals surface area (Å²) < 4.78 is 11.2. The minimum atomic E-state index is 0.519. The smallest absolute Gasteiger partial charge is 0.227 e. The fourth-order valence-corrected chi connectivity index (χ4v) is 4.43. The van der Waals surface area contributed by atoms with Gasteiger partial charge in [-0.3, -0.25) is 0 Å². The molecule has 8 heteroatoms. The third kappa shape index (κ3) is 4.65.